The lowest BCUT2D eigenvalue weighted by Crippen LogP contribution is -2.50. The number of ether oxygens (including phenoxy) is 1. The van der Waals surface area contributed by atoms with Gasteiger partial charge in [0.25, 0.3) is 0 Å². The molecule has 2 rings (SSSR count). The molecule has 0 saturated carbocycles. The first-order valence-corrected chi connectivity index (χ1v) is 9.52. The van der Waals surface area contributed by atoms with E-state index in [1.165, 1.54) is 0 Å². The summed E-state index contributed by atoms with van der Waals surface area (Å²) in [4.78, 5) is 31.3. The maximum absolute atomic E-state index is 12.7. The van der Waals surface area contributed by atoms with Crippen LogP contribution in [0, 0.1) is 5.92 Å². The Morgan fingerprint density at radius 3 is 2.38 bits per heavy atom. The van der Waals surface area contributed by atoms with Crippen LogP contribution in [0.5, 0.6) is 0 Å². The van der Waals surface area contributed by atoms with E-state index in [2.05, 4.69) is 18.7 Å². The fourth-order valence-electron chi connectivity index (χ4n) is 3.63. The minimum Gasteiger partial charge on any atom is -0.378 e. The summed E-state index contributed by atoms with van der Waals surface area (Å²) >= 11 is 0. The number of morpholine rings is 1. The van der Waals surface area contributed by atoms with Crippen LogP contribution in [0.2, 0.25) is 0 Å². The normalized spacial score (nSPS) is 22.4. The molecule has 2 aliphatic heterocycles. The molecule has 1 atom stereocenters. The van der Waals surface area contributed by atoms with Gasteiger partial charge in [0.05, 0.1) is 25.7 Å². The lowest BCUT2D eigenvalue weighted by Gasteiger charge is -2.36. The highest BCUT2D eigenvalue weighted by Gasteiger charge is 2.31. The summed E-state index contributed by atoms with van der Waals surface area (Å²) in [5, 5.41) is 0. The maximum Gasteiger partial charge on any atom is 0.236 e. The number of hydrogen-bond acceptors (Lipinski definition) is 4. The average Bonchev–Trinajstić information content (AvgIpc) is 2.62. The van der Waals surface area contributed by atoms with Gasteiger partial charge < -0.3 is 14.5 Å². The van der Waals surface area contributed by atoms with Gasteiger partial charge in [0.15, 0.2) is 0 Å². The quantitative estimate of drug-likeness (QED) is 0.699. The SMILES string of the molecule is CCCN(CCC)C(=O)CN1CCCC(C(=O)N2CCOCC2)C1. The molecular weight excluding hydrogens is 306 g/mol. The highest BCUT2D eigenvalue weighted by molar-refractivity contribution is 5.80. The Kier molecular flexibility index (Phi) is 7.99. The van der Waals surface area contributed by atoms with E-state index in [-0.39, 0.29) is 17.7 Å². The molecule has 0 aromatic rings. The number of hydrogen-bond donors (Lipinski definition) is 0. The molecule has 0 radical (unpaired) electrons. The van der Waals surface area contributed by atoms with Crippen LogP contribution in [0.1, 0.15) is 39.5 Å². The van der Waals surface area contributed by atoms with Gasteiger partial charge >= 0.3 is 0 Å². The van der Waals surface area contributed by atoms with Crippen LogP contribution in [0.25, 0.3) is 0 Å². The molecule has 2 fully saturated rings. The smallest absolute Gasteiger partial charge is 0.236 e. The second-order valence-electron chi connectivity index (χ2n) is 6.89. The summed E-state index contributed by atoms with van der Waals surface area (Å²) in [5.74, 6) is 0.489. The molecule has 6 heteroatoms. The molecule has 0 aromatic heterocycles. The molecule has 1 unspecified atom stereocenters. The van der Waals surface area contributed by atoms with Crippen molar-refractivity contribution in [1.29, 1.82) is 0 Å². The van der Waals surface area contributed by atoms with Gasteiger partial charge in [-0.1, -0.05) is 13.8 Å². The first-order chi connectivity index (χ1) is 11.7. The summed E-state index contributed by atoms with van der Waals surface area (Å²) in [6.45, 7) is 10.7. The van der Waals surface area contributed by atoms with Crippen molar-refractivity contribution in [1.82, 2.24) is 14.7 Å². The second kappa shape index (κ2) is 9.99. The molecular formula is C18H33N3O3. The van der Waals surface area contributed by atoms with Crippen LogP contribution in [0.3, 0.4) is 0 Å². The van der Waals surface area contributed by atoms with Gasteiger partial charge in [0.1, 0.15) is 0 Å². The maximum atomic E-state index is 12.7. The second-order valence-corrected chi connectivity index (χ2v) is 6.89. The van der Waals surface area contributed by atoms with E-state index in [9.17, 15) is 9.59 Å². The summed E-state index contributed by atoms with van der Waals surface area (Å²) in [6.07, 6.45) is 3.91. The largest absolute Gasteiger partial charge is 0.378 e. The third kappa shape index (κ3) is 5.45. The number of carbonyl (C=O) groups is 2. The van der Waals surface area contributed by atoms with Gasteiger partial charge in [-0.3, -0.25) is 14.5 Å². The van der Waals surface area contributed by atoms with E-state index in [1.54, 1.807) is 0 Å². The Morgan fingerprint density at radius 1 is 1.08 bits per heavy atom. The van der Waals surface area contributed by atoms with Crippen LogP contribution in [-0.4, -0.2) is 85.5 Å². The Labute approximate surface area is 146 Å². The van der Waals surface area contributed by atoms with Crippen molar-refractivity contribution in [2.24, 2.45) is 5.92 Å². The zero-order valence-electron chi connectivity index (χ0n) is 15.3. The van der Waals surface area contributed by atoms with Gasteiger partial charge in [0, 0.05) is 32.7 Å². The minimum absolute atomic E-state index is 0.0375. The van der Waals surface area contributed by atoms with Crippen LogP contribution < -0.4 is 0 Å². The number of rotatable bonds is 7. The molecule has 2 aliphatic rings. The van der Waals surface area contributed by atoms with Crippen molar-refractivity contribution in [2.75, 3.05) is 59.0 Å². The lowest BCUT2D eigenvalue weighted by atomic mass is 9.96. The van der Waals surface area contributed by atoms with Crippen LogP contribution in [-0.2, 0) is 14.3 Å². The van der Waals surface area contributed by atoms with E-state index in [4.69, 9.17) is 4.74 Å². The molecule has 0 aliphatic carbocycles. The summed E-state index contributed by atoms with van der Waals surface area (Å²) in [5.41, 5.74) is 0. The third-order valence-electron chi connectivity index (χ3n) is 4.88. The molecule has 2 heterocycles. The van der Waals surface area contributed by atoms with Gasteiger partial charge in [-0.15, -0.1) is 0 Å². The van der Waals surface area contributed by atoms with Crippen LogP contribution in [0.15, 0.2) is 0 Å². The number of piperidine rings is 1. The summed E-state index contributed by atoms with van der Waals surface area (Å²) in [6, 6.07) is 0. The van der Waals surface area contributed by atoms with Crippen LogP contribution >= 0.6 is 0 Å². The molecule has 6 nitrogen and oxygen atoms in total. The van der Waals surface area contributed by atoms with Gasteiger partial charge in [0.2, 0.25) is 11.8 Å². The monoisotopic (exact) mass is 339 g/mol. The van der Waals surface area contributed by atoms with E-state index < -0.39 is 0 Å². The Morgan fingerprint density at radius 2 is 1.75 bits per heavy atom. The predicted octanol–water partition coefficient (Wildman–Crippen LogP) is 1.21. The fourth-order valence-corrected chi connectivity index (χ4v) is 3.63. The van der Waals surface area contributed by atoms with E-state index in [0.717, 1.165) is 45.3 Å². The molecule has 0 spiro atoms. The molecule has 2 amide bonds. The number of amides is 2. The lowest BCUT2D eigenvalue weighted by molar-refractivity contribution is -0.143. The highest BCUT2D eigenvalue weighted by atomic mass is 16.5. The Hall–Kier alpha value is -1.14. The van der Waals surface area contributed by atoms with Gasteiger partial charge in [-0.05, 0) is 32.2 Å². The predicted molar refractivity (Wildman–Crippen MR) is 93.7 cm³/mol. The zero-order chi connectivity index (χ0) is 17.4. The Bertz CT molecular complexity index is 404. The van der Waals surface area contributed by atoms with Crippen LogP contribution in [0.4, 0.5) is 0 Å². The molecule has 138 valence electrons. The standard InChI is InChI=1S/C18H33N3O3/c1-3-7-20(8-4-2)17(22)15-19-9-5-6-16(14-19)18(23)21-10-12-24-13-11-21/h16H,3-15H2,1-2H3. The minimum atomic E-state index is 0.0375. The Balaban J connectivity index is 1.85. The van der Waals surface area contributed by atoms with Crippen molar-refractivity contribution in [3.05, 3.63) is 0 Å². The summed E-state index contributed by atoms with van der Waals surface area (Å²) in [7, 11) is 0. The van der Waals surface area contributed by atoms with Crippen molar-refractivity contribution >= 4 is 11.8 Å². The molecule has 0 bridgehead atoms. The van der Waals surface area contributed by atoms with E-state index >= 15 is 0 Å². The molecule has 24 heavy (non-hydrogen) atoms. The molecule has 0 aromatic carbocycles. The summed E-state index contributed by atoms with van der Waals surface area (Å²) < 4.78 is 5.33. The first-order valence-electron chi connectivity index (χ1n) is 9.52. The van der Waals surface area contributed by atoms with Gasteiger partial charge in [-0.2, -0.15) is 0 Å². The first kappa shape index (κ1) is 19.2. The van der Waals surface area contributed by atoms with Gasteiger partial charge in [-0.25, -0.2) is 0 Å². The van der Waals surface area contributed by atoms with E-state index in [1.807, 2.05) is 9.80 Å². The number of likely N-dealkylation sites (tertiary alicyclic amines) is 1. The number of carbonyl (C=O) groups excluding carboxylic acids is 2. The third-order valence-corrected chi connectivity index (χ3v) is 4.88. The molecule has 0 N–H and O–H groups in total. The van der Waals surface area contributed by atoms with Crippen molar-refractivity contribution < 1.29 is 14.3 Å². The van der Waals surface area contributed by atoms with E-state index in [0.29, 0.717) is 39.4 Å². The average molecular weight is 339 g/mol. The number of nitrogens with zero attached hydrogens (tertiary/aromatic N) is 3. The van der Waals surface area contributed by atoms with Crippen molar-refractivity contribution in [2.45, 2.75) is 39.5 Å². The zero-order valence-corrected chi connectivity index (χ0v) is 15.3. The fraction of sp³-hybridized carbons (Fsp3) is 0.889. The van der Waals surface area contributed by atoms with Crippen molar-refractivity contribution in [3.63, 3.8) is 0 Å². The molecule has 2 saturated heterocycles. The highest BCUT2D eigenvalue weighted by Crippen LogP contribution is 2.19. The topological polar surface area (TPSA) is 53.1 Å². The van der Waals surface area contributed by atoms with Crippen molar-refractivity contribution in [3.8, 4) is 0 Å².